The molecule has 8 nitrogen and oxygen atoms in total. The van der Waals surface area contributed by atoms with Crippen molar-refractivity contribution in [2.75, 3.05) is 13.1 Å². The molecule has 0 unspecified atom stereocenters. The minimum Gasteiger partial charge on any atom is -0.481 e. The van der Waals surface area contributed by atoms with E-state index in [0.29, 0.717) is 25.9 Å². The molecule has 2 N–H and O–H groups in total. The number of rotatable bonds is 6. The van der Waals surface area contributed by atoms with E-state index in [-0.39, 0.29) is 25.0 Å². The molecule has 0 spiro atoms. The fourth-order valence-corrected chi connectivity index (χ4v) is 3.25. The number of benzene rings is 1. The molecule has 0 aliphatic carbocycles. The number of aliphatic carboxylic acids is 1. The molecule has 1 fully saturated rings. The second kappa shape index (κ2) is 10.1. The van der Waals surface area contributed by atoms with Gasteiger partial charge in [0.15, 0.2) is 0 Å². The number of nitrogens with zero attached hydrogens (tertiary/aromatic N) is 1. The Hall–Kier alpha value is -2.77. The van der Waals surface area contributed by atoms with Crippen LogP contribution >= 0.6 is 0 Å². The zero-order chi connectivity index (χ0) is 21.4. The molecule has 1 aliphatic heterocycles. The molecule has 8 heteroatoms. The third-order valence-electron chi connectivity index (χ3n) is 4.67. The first-order chi connectivity index (χ1) is 13.6. The molecule has 1 atom stereocenters. The smallest absolute Gasteiger partial charge is 0.410 e. The quantitative estimate of drug-likeness (QED) is 0.750. The average Bonchev–Trinajstić information content (AvgIpc) is 2.65. The number of alkyl carbamates (subject to hydrolysis) is 1. The van der Waals surface area contributed by atoms with E-state index < -0.39 is 23.7 Å². The molecule has 160 valence electrons. The number of amides is 2. The van der Waals surface area contributed by atoms with Crippen LogP contribution in [-0.2, 0) is 20.9 Å². The van der Waals surface area contributed by atoms with Gasteiger partial charge in [0.1, 0.15) is 12.2 Å². The van der Waals surface area contributed by atoms with Gasteiger partial charge < -0.3 is 24.8 Å². The van der Waals surface area contributed by atoms with E-state index >= 15 is 0 Å². The Morgan fingerprint density at radius 1 is 1.17 bits per heavy atom. The molecule has 1 aliphatic rings. The molecule has 0 saturated carbocycles. The van der Waals surface area contributed by atoms with E-state index in [9.17, 15) is 19.5 Å². The Bertz CT molecular complexity index is 693. The van der Waals surface area contributed by atoms with Gasteiger partial charge in [0.2, 0.25) is 0 Å². The van der Waals surface area contributed by atoms with Crippen LogP contribution in [-0.4, -0.2) is 52.9 Å². The van der Waals surface area contributed by atoms with Gasteiger partial charge in [0, 0.05) is 19.1 Å². The summed E-state index contributed by atoms with van der Waals surface area (Å²) in [5, 5.41) is 11.9. The van der Waals surface area contributed by atoms with Crippen molar-refractivity contribution in [3.8, 4) is 0 Å². The van der Waals surface area contributed by atoms with Gasteiger partial charge in [-0.3, -0.25) is 4.79 Å². The van der Waals surface area contributed by atoms with Crippen molar-refractivity contribution < 1.29 is 29.0 Å². The number of carbonyl (C=O) groups is 3. The lowest BCUT2D eigenvalue weighted by molar-refractivity contribution is -0.138. The number of nitrogens with one attached hydrogen (secondary N) is 1. The van der Waals surface area contributed by atoms with Gasteiger partial charge in [0.05, 0.1) is 6.42 Å². The van der Waals surface area contributed by atoms with E-state index in [1.165, 1.54) is 0 Å². The summed E-state index contributed by atoms with van der Waals surface area (Å²) in [6.45, 7) is 6.46. The molecule has 2 amide bonds. The Morgan fingerprint density at radius 2 is 1.79 bits per heavy atom. The second-order valence-electron chi connectivity index (χ2n) is 8.22. The Labute approximate surface area is 171 Å². The topological polar surface area (TPSA) is 105 Å². The van der Waals surface area contributed by atoms with E-state index in [1.807, 2.05) is 51.1 Å². The van der Waals surface area contributed by atoms with Crippen molar-refractivity contribution in [2.45, 2.75) is 58.3 Å². The maximum Gasteiger partial charge on any atom is 0.410 e. The van der Waals surface area contributed by atoms with E-state index in [1.54, 1.807) is 4.90 Å². The molecular weight excluding hydrogens is 376 g/mol. The third-order valence-corrected chi connectivity index (χ3v) is 4.67. The summed E-state index contributed by atoms with van der Waals surface area (Å²) in [5.41, 5.74) is 0.284. The summed E-state index contributed by atoms with van der Waals surface area (Å²) in [5.74, 6) is -1.05. The van der Waals surface area contributed by atoms with Crippen LogP contribution in [0, 0.1) is 5.92 Å². The summed E-state index contributed by atoms with van der Waals surface area (Å²) in [6, 6.07) is 8.69. The molecule has 29 heavy (non-hydrogen) atoms. The van der Waals surface area contributed by atoms with Crippen LogP contribution in [0.1, 0.15) is 45.6 Å². The standard InChI is InChI=1S/C21H30N2O6/c1-21(2,3)29-20(27)23-11-9-16(10-12-23)17(13-18(24)25)22-19(26)28-14-15-7-5-4-6-8-15/h4-8,16-17H,9-14H2,1-3H3,(H,22,26)(H,24,25)/t17-/m0/s1. The molecule has 0 radical (unpaired) electrons. The van der Waals surface area contributed by atoms with Crippen LogP contribution in [0.3, 0.4) is 0 Å². The van der Waals surface area contributed by atoms with Crippen molar-refractivity contribution in [2.24, 2.45) is 5.92 Å². The van der Waals surface area contributed by atoms with Crippen molar-refractivity contribution >= 4 is 18.2 Å². The predicted molar refractivity (Wildman–Crippen MR) is 106 cm³/mol. The molecular formula is C21H30N2O6. The number of hydrogen-bond donors (Lipinski definition) is 2. The number of piperidine rings is 1. The third kappa shape index (κ3) is 8.01. The van der Waals surface area contributed by atoms with Gasteiger partial charge >= 0.3 is 18.2 Å². The molecule has 1 saturated heterocycles. The summed E-state index contributed by atoms with van der Waals surface area (Å²) in [4.78, 5) is 37.2. The Morgan fingerprint density at radius 3 is 2.34 bits per heavy atom. The normalized spacial score (nSPS) is 16.0. The lowest BCUT2D eigenvalue weighted by Gasteiger charge is -2.36. The van der Waals surface area contributed by atoms with Gasteiger partial charge in [-0.05, 0) is 45.1 Å². The number of carbonyl (C=O) groups excluding carboxylic acids is 2. The summed E-state index contributed by atoms with van der Waals surface area (Å²) in [7, 11) is 0. The molecule has 0 aromatic heterocycles. The minimum absolute atomic E-state index is 0.0611. The van der Waals surface area contributed by atoms with Crippen LogP contribution in [0.15, 0.2) is 30.3 Å². The highest BCUT2D eigenvalue weighted by Crippen LogP contribution is 2.24. The van der Waals surface area contributed by atoms with Gasteiger partial charge in [-0.15, -0.1) is 0 Å². The van der Waals surface area contributed by atoms with Crippen molar-refractivity contribution in [3.05, 3.63) is 35.9 Å². The first-order valence-electron chi connectivity index (χ1n) is 9.81. The van der Waals surface area contributed by atoms with Gasteiger partial charge in [-0.25, -0.2) is 9.59 Å². The highest BCUT2D eigenvalue weighted by molar-refractivity contribution is 5.71. The molecule has 2 rings (SSSR count). The van der Waals surface area contributed by atoms with Crippen molar-refractivity contribution in [3.63, 3.8) is 0 Å². The molecule has 1 aromatic carbocycles. The maximum absolute atomic E-state index is 12.2. The van der Waals surface area contributed by atoms with Crippen LogP contribution in [0.25, 0.3) is 0 Å². The SMILES string of the molecule is CC(C)(C)OC(=O)N1CCC([C@H](CC(=O)O)NC(=O)OCc2ccccc2)CC1. The Kier molecular flexibility index (Phi) is 7.87. The summed E-state index contributed by atoms with van der Waals surface area (Å²) in [6.07, 6.45) is -0.0558. The monoisotopic (exact) mass is 406 g/mol. The first-order valence-corrected chi connectivity index (χ1v) is 9.81. The number of hydrogen-bond acceptors (Lipinski definition) is 5. The fraction of sp³-hybridized carbons (Fsp3) is 0.571. The van der Waals surface area contributed by atoms with Gasteiger partial charge in [0.25, 0.3) is 0 Å². The zero-order valence-corrected chi connectivity index (χ0v) is 17.2. The molecule has 0 bridgehead atoms. The van der Waals surface area contributed by atoms with E-state index in [4.69, 9.17) is 9.47 Å². The number of carboxylic acids is 1. The number of ether oxygens (including phenoxy) is 2. The number of likely N-dealkylation sites (tertiary alicyclic amines) is 1. The predicted octanol–water partition coefficient (Wildman–Crippen LogP) is 3.40. The summed E-state index contributed by atoms with van der Waals surface area (Å²) >= 11 is 0. The van der Waals surface area contributed by atoms with Crippen LogP contribution < -0.4 is 5.32 Å². The largest absolute Gasteiger partial charge is 0.481 e. The minimum atomic E-state index is -0.993. The van der Waals surface area contributed by atoms with Gasteiger partial charge in [-0.2, -0.15) is 0 Å². The zero-order valence-electron chi connectivity index (χ0n) is 17.2. The summed E-state index contributed by atoms with van der Waals surface area (Å²) < 4.78 is 10.6. The lowest BCUT2D eigenvalue weighted by atomic mass is 9.87. The van der Waals surface area contributed by atoms with Gasteiger partial charge in [-0.1, -0.05) is 30.3 Å². The highest BCUT2D eigenvalue weighted by atomic mass is 16.6. The van der Waals surface area contributed by atoms with Crippen LogP contribution in [0.2, 0.25) is 0 Å². The Balaban J connectivity index is 1.87. The first kappa shape index (κ1) is 22.5. The van der Waals surface area contributed by atoms with Crippen LogP contribution in [0.5, 0.6) is 0 Å². The maximum atomic E-state index is 12.2. The van der Waals surface area contributed by atoms with Crippen molar-refractivity contribution in [1.82, 2.24) is 10.2 Å². The van der Waals surface area contributed by atoms with Crippen LogP contribution in [0.4, 0.5) is 9.59 Å². The van der Waals surface area contributed by atoms with Crippen molar-refractivity contribution in [1.29, 1.82) is 0 Å². The molecule has 1 heterocycles. The number of carboxylic acid groups (broad SMARTS) is 1. The van der Waals surface area contributed by atoms with E-state index in [2.05, 4.69) is 5.32 Å². The second-order valence-corrected chi connectivity index (χ2v) is 8.22. The lowest BCUT2D eigenvalue weighted by Crippen LogP contribution is -2.48. The average molecular weight is 406 g/mol. The highest BCUT2D eigenvalue weighted by Gasteiger charge is 2.32. The molecule has 1 aromatic rings. The van der Waals surface area contributed by atoms with E-state index in [0.717, 1.165) is 5.56 Å². The fourth-order valence-electron chi connectivity index (χ4n) is 3.25.